The number of benzene rings is 2. The number of anilines is 1. The van der Waals surface area contributed by atoms with Crippen LogP contribution in [0.1, 0.15) is 23.2 Å². The molecular formula is C18H19NO3. The Morgan fingerprint density at radius 1 is 1.14 bits per heavy atom. The first-order valence-corrected chi connectivity index (χ1v) is 7.53. The highest BCUT2D eigenvalue weighted by atomic mass is 16.5. The molecule has 2 aromatic carbocycles. The summed E-state index contributed by atoms with van der Waals surface area (Å²) >= 11 is 0. The predicted molar refractivity (Wildman–Crippen MR) is 85.3 cm³/mol. The van der Waals surface area contributed by atoms with Gasteiger partial charge in [0.2, 0.25) is 0 Å². The van der Waals surface area contributed by atoms with E-state index in [0.717, 1.165) is 25.1 Å². The van der Waals surface area contributed by atoms with Crippen LogP contribution in [0.2, 0.25) is 0 Å². The van der Waals surface area contributed by atoms with Gasteiger partial charge in [-0.1, -0.05) is 30.3 Å². The molecule has 22 heavy (non-hydrogen) atoms. The molecule has 2 aromatic rings. The van der Waals surface area contributed by atoms with Crippen LogP contribution in [0, 0.1) is 0 Å². The number of ether oxygens (including phenoxy) is 2. The first kappa shape index (κ1) is 14.6. The summed E-state index contributed by atoms with van der Waals surface area (Å²) in [6.07, 6.45) is 2.22. The molecule has 1 atom stereocenters. The fourth-order valence-corrected chi connectivity index (χ4v) is 2.46. The third kappa shape index (κ3) is 3.65. The van der Waals surface area contributed by atoms with Crippen molar-refractivity contribution >= 4 is 11.6 Å². The van der Waals surface area contributed by atoms with Crippen molar-refractivity contribution in [2.45, 2.75) is 18.9 Å². The second-order valence-corrected chi connectivity index (χ2v) is 5.26. The molecule has 114 valence electrons. The Balaban J connectivity index is 1.68. The Morgan fingerprint density at radius 3 is 2.68 bits per heavy atom. The molecule has 1 aliphatic rings. The lowest BCUT2D eigenvalue weighted by Gasteiger charge is -2.14. The Morgan fingerprint density at radius 2 is 1.91 bits per heavy atom. The number of nitrogens with one attached hydrogen (secondary N) is 1. The van der Waals surface area contributed by atoms with Crippen molar-refractivity contribution in [1.29, 1.82) is 0 Å². The molecule has 0 spiro atoms. The average Bonchev–Trinajstić information content (AvgIpc) is 3.07. The standard InChI is InChI=1S/C18H19NO3/c20-18(19-14-7-2-1-3-8-14)16-10-4-5-11-17(16)22-13-15-9-6-12-21-15/h1-5,7-8,10-11,15H,6,9,12-13H2,(H,19,20). The fraction of sp³-hybridized carbons (Fsp3) is 0.278. The molecule has 4 heteroatoms. The zero-order valence-corrected chi connectivity index (χ0v) is 12.3. The van der Waals surface area contributed by atoms with Crippen LogP contribution < -0.4 is 10.1 Å². The number of amides is 1. The Hall–Kier alpha value is -2.33. The number of para-hydroxylation sites is 2. The van der Waals surface area contributed by atoms with Crippen molar-refractivity contribution in [3.05, 3.63) is 60.2 Å². The number of carbonyl (C=O) groups excluding carboxylic acids is 1. The maximum Gasteiger partial charge on any atom is 0.259 e. The molecule has 1 fully saturated rings. The lowest BCUT2D eigenvalue weighted by atomic mass is 10.1. The van der Waals surface area contributed by atoms with Gasteiger partial charge in [0.05, 0.1) is 11.7 Å². The molecule has 0 aromatic heterocycles. The molecule has 1 unspecified atom stereocenters. The summed E-state index contributed by atoms with van der Waals surface area (Å²) in [6, 6.07) is 16.7. The minimum Gasteiger partial charge on any atom is -0.490 e. The van der Waals surface area contributed by atoms with E-state index in [1.165, 1.54) is 0 Å². The molecule has 3 rings (SSSR count). The van der Waals surface area contributed by atoms with Crippen LogP contribution in [0.15, 0.2) is 54.6 Å². The van der Waals surface area contributed by atoms with E-state index in [-0.39, 0.29) is 12.0 Å². The Labute approximate surface area is 130 Å². The van der Waals surface area contributed by atoms with Crippen molar-refractivity contribution in [2.75, 3.05) is 18.5 Å². The Kier molecular flexibility index (Phi) is 4.71. The van der Waals surface area contributed by atoms with E-state index in [1.807, 2.05) is 48.5 Å². The summed E-state index contributed by atoms with van der Waals surface area (Å²) in [6.45, 7) is 1.28. The van der Waals surface area contributed by atoms with E-state index in [1.54, 1.807) is 6.07 Å². The largest absolute Gasteiger partial charge is 0.490 e. The van der Waals surface area contributed by atoms with Crippen molar-refractivity contribution in [1.82, 2.24) is 0 Å². The Bertz CT molecular complexity index is 621. The topological polar surface area (TPSA) is 47.6 Å². The van der Waals surface area contributed by atoms with Crippen LogP contribution >= 0.6 is 0 Å². The minimum atomic E-state index is -0.172. The van der Waals surface area contributed by atoms with Gasteiger partial charge in [-0.05, 0) is 37.1 Å². The van der Waals surface area contributed by atoms with Crippen LogP contribution in [-0.4, -0.2) is 25.2 Å². The zero-order valence-electron chi connectivity index (χ0n) is 12.3. The van der Waals surface area contributed by atoms with Gasteiger partial charge in [0, 0.05) is 12.3 Å². The van der Waals surface area contributed by atoms with E-state index < -0.39 is 0 Å². The third-order valence-corrected chi connectivity index (χ3v) is 3.61. The normalized spacial score (nSPS) is 17.2. The van der Waals surface area contributed by atoms with Gasteiger partial charge in [0.15, 0.2) is 0 Å². The van der Waals surface area contributed by atoms with E-state index in [2.05, 4.69) is 5.32 Å². The maximum atomic E-state index is 12.4. The molecule has 1 amide bonds. The summed E-state index contributed by atoms with van der Waals surface area (Å²) < 4.78 is 11.3. The van der Waals surface area contributed by atoms with Gasteiger partial charge in [0.25, 0.3) is 5.91 Å². The quantitative estimate of drug-likeness (QED) is 0.919. The van der Waals surface area contributed by atoms with Crippen molar-refractivity contribution in [3.63, 3.8) is 0 Å². The average molecular weight is 297 g/mol. The smallest absolute Gasteiger partial charge is 0.259 e. The van der Waals surface area contributed by atoms with Crippen LogP contribution in [0.3, 0.4) is 0 Å². The number of rotatable bonds is 5. The molecule has 1 heterocycles. The van der Waals surface area contributed by atoms with E-state index in [4.69, 9.17) is 9.47 Å². The third-order valence-electron chi connectivity index (χ3n) is 3.61. The van der Waals surface area contributed by atoms with Gasteiger partial charge in [-0.2, -0.15) is 0 Å². The predicted octanol–water partition coefficient (Wildman–Crippen LogP) is 3.50. The number of carbonyl (C=O) groups is 1. The van der Waals surface area contributed by atoms with E-state index in [0.29, 0.717) is 17.9 Å². The first-order valence-electron chi connectivity index (χ1n) is 7.53. The second kappa shape index (κ2) is 7.09. The van der Waals surface area contributed by atoms with Crippen molar-refractivity contribution in [2.24, 2.45) is 0 Å². The summed E-state index contributed by atoms with van der Waals surface area (Å²) in [4.78, 5) is 12.4. The molecular weight excluding hydrogens is 278 g/mol. The highest BCUT2D eigenvalue weighted by Gasteiger charge is 2.18. The summed E-state index contributed by atoms with van der Waals surface area (Å²) in [7, 11) is 0. The van der Waals surface area contributed by atoms with E-state index in [9.17, 15) is 4.79 Å². The van der Waals surface area contributed by atoms with Crippen LogP contribution in [-0.2, 0) is 4.74 Å². The molecule has 1 N–H and O–H groups in total. The lowest BCUT2D eigenvalue weighted by molar-refractivity contribution is 0.0673. The minimum absolute atomic E-state index is 0.130. The lowest BCUT2D eigenvalue weighted by Crippen LogP contribution is -2.19. The summed E-state index contributed by atoms with van der Waals surface area (Å²) in [5.41, 5.74) is 1.30. The second-order valence-electron chi connectivity index (χ2n) is 5.26. The van der Waals surface area contributed by atoms with Crippen molar-refractivity contribution in [3.8, 4) is 5.75 Å². The van der Waals surface area contributed by atoms with Crippen LogP contribution in [0.4, 0.5) is 5.69 Å². The van der Waals surface area contributed by atoms with Gasteiger partial charge in [-0.25, -0.2) is 0 Å². The number of hydrogen-bond acceptors (Lipinski definition) is 3. The summed E-state index contributed by atoms with van der Waals surface area (Å²) in [5.74, 6) is 0.417. The number of hydrogen-bond donors (Lipinski definition) is 1. The molecule has 0 saturated carbocycles. The zero-order chi connectivity index (χ0) is 15.2. The molecule has 1 saturated heterocycles. The summed E-state index contributed by atoms with van der Waals surface area (Å²) in [5, 5.41) is 2.88. The van der Waals surface area contributed by atoms with Crippen LogP contribution in [0.5, 0.6) is 5.75 Å². The van der Waals surface area contributed by atoms with Gasteiger partial charge in [0.1, 0.15) is 12.4 Å². The van der Waals surface area contributed by atoms with Crippen LogP contribution in [0.25, 0.3) is 0 Å². The highest BCUT2D eigenvalue weighted by molar-refractivity contribution is 6.06. The van der Waals surface area contributed by atoms with Gasteiger partial charge >= 0.3 is 0 Å². The SMILES string of the molecule is O=C(Nc1ccccc1)c1ccccc1OCC1CCCO1. The molecule has 1 aliphatic heterocycles. The van der Waals surface area contributed by atoms with E-state index >= 15 is 0 Å². The molecule has 4 nitrogen and oxygen atoms in total. The molecule has 0 bridgehead atoms. The van der Waals surface area contributed by atoms with Gasteiger partial charge in [-0.3, -0.25) is 4.79 Å². The maximum absolute atomic E-state index is 12.4. The first-order chi connectivity index (χ1) is 10.8. The van der Waals surface area contributed by atoms with Gasteiger partial charge in [-0.15, -0.1) is 0 Å². The fourth-order valence-electron chi connectivity index (χ4n) is 2.46. The highest BCUT2D eigenvalue weighted by Crippen LogP contribution is 2.21. The van der Waals surface area contributed by atoms with Gasteiger partial charge < -0.3 is 14.8 Å². The molecule has 0 aliphatic carbocycles. The molecule has 0 radical (unpaired) electrons. The van der Waals surface area contributed by atoms with Crippen molar-refractivity contribution < 1.29 is 14.3 Å². The monoisotopic (exact) mass is 297 g/mol.